The third-order valence-corrected chi connectivity index (χ3v) is 10.0. The Labute approximate surface area is 349 Å². The first-order valence-corrected chi connectivity index (χ1v) is 20.0. The number of benzene rings is 8. The normalized spacial score (nSPS) is 12.8. The molecule has 0 saturated heterocycles. The van der Waals surface area contributed by atoms with E-state index < -0.39 is 0 Å². The highest BCUT2D eigenvalue weighted by atomic mass is 15.1. The first kappa shape index (κ1) is 37.7. The van der Waals surface area contributed by atoms with Crippen molar-refractivity contribution in [2.24, 2.45) is 40.9 Å². The van der Waals surface area contributed by atoms with Gasteiger partial charge in [0.2, 0.25) is 0 Å². The molecule has 1 aliphatic heterocycles. The number of azo groups is 4. The summed E-state index contributed by atoms with van der Waals surface area (Å²) in [6.45, 7) is 0. The fourth-order valence-electron chi connectivity index (χ4n) is 7.23. The zero-order valence-electron chi connectivity index (χ0n) is 32.9. The number of rotatable bonds is 0. The van der Waals surface area contributed by atoms with Gasteiger partial charge in [-0.2, -0.15) is 40.9 Å². The summed E-state index contributed by atoms with van der Waals surface area (Å²) in [5.41, 5.74) is 15.4. The van der Waals surface area contributed by atoms with Gasteiger partial charge >= 0.3 is 0 Å². The Kier molecular flexibility index (Phi) is 11.4. The molecule has 16 bridgehead atoms. The molecular formula is C52H40N8. The molecule has 0 radical (unpaired) electrons. The van der Waals surface area contributed by atoms with Gasteiger partial charge in [-0.05, 0) is 167 Å². The van der Waals surface area contributed by atoms with Crippen molar-refractivity contribution < 1.29 is 0 Å². The average Bonchev–Trinajstić information content (AvgIpc) is 3.27. The van der Waals surface area contributed by atoms with E-state index in [1.807, 2.05) is 97.1 Å². The van der Waals surface area contributed by atoms with Gasteiger partial charge in [-0.3, -0.25) is 0 Å². The Morgan fingerprint density at radius 1 is 0.183 bits per heavy atom. The highest BCUT2D eigenvalue weighted by Gasteiger charge is 2.06. The van der Waals surface area contributed by atoms with E-state index in [1.165, 1.54) is 0 Å². The monoisotopic (exact) mass is 776 g/mol. The van der Waals surface area contributed by atoms with Crippen LogP contribution in [0.2, 0.25) is 0 Å². The number of fused-ring (bicyclic) bond motifs is 16. The number of hydrogen-bond acceptors (Lipinski definition) is 8. The molecule has 8 nitrogen and oxygen atoms in total. The highest BCUT2D eigenvalue weighted by Crippen LogP contribution is 2.28. The van der Waals surface area contributed by atoms with Crippen LogP contribution in [-0.4, -0.2) is 0 Å². The summed E-state index contributed by atoms with van der Waals surface area (Å²) in [6, 6.07) is 65.5. The molecule has 60 heavy (non-hydrogen) atoms. The lowest BCUT2D eigenvalue weighted by molar-refractivity contribution is 1.14. The van der Waals surface area contributed by atoms with Crippen LogP contribution < -0.4 is 0 Å². The second kappa shape index (κ2) is 18.2. The minimum atomic E-state index is 0.730. The van der Waals surface area contributed by atoms with E-state index >= 15 is 0 Å². The van der Waals surface area contributed by atoms with E-state index in [0.717, 1.165) is 116 Å². The average molecular weight is 777 g/mol. The Morgan fingerprint density at radius 3 is 0.450 bits per heavy atom. The van der Waals surface area contributed by atoms with E-state index in [9.17, 15) is 0 Å². The largest absolute Gasteiger partial charge is 0.151 e. The van der Waals surface area contributed by atoms with Crippen LogP contribution in [0.1, 0.15) is 44.5 Å². The smallest absolute Gasteiger partial charge is 0.0859 e. The van der Waals surface area contributed by atoms with Crippen molar-refractivity contribution >= 4 is 45.5 Å². The predicted octanol–water partition coefficient (Wildman–Crippen LogP) is 16.0. The van der Waals surface area contributed by atoms with Crippen LogP contribution in [0.4, 0.5) is 45.5 Å². The first-order chi connectivity index (χ1) is 29.6. The molecule has 0 spiro atoms. The van der Waals surface area contributed by atoms with Crippen molar-refractivity contribution in [1.82, 2.24) is 0 Å². The van der Waals surface area contributed by atoms with Gasteiger partial charge in [-0.15, -0.1) is 0 Å². The van der Waals surface area contributed by atoms with Gasteiger partial charge in [-0.25, -0.2) is 0 Å². The highest BCUT2D eigenvalue weighted by molar-refractivity contribution is 5.51. The van der Waals surface area contributed by atoms with E-state index in [4.69, 9.17) is 0 Å². The van der Waals surface area contributed by atoms with Crippen molar-refractivity contribution in [3.63, 3.8) is 0 Å². The van der Waals surface area contributed by atoms with Crippen molar-refractivity contribution in [2.75, 3.05) is 0 Å². The second-order valence-corrected chi connectivity index (χ2v) is 14.9. The molecule has 288 valence electrons. The molecule has 9 rings (SSSR count). The van der Waals surface area contributed by atoms with Crippen molar-refractivity contribution in [3.8, 4) is 0 Å². The quantitative estimate of drug-likeness (QED) is 0.146. The van der Waals surface area contributed by atoms with Crippen LogP contribution >= 0.6 is 0 Å². The maximum absolute atomic E-state index is 4.60. The number of nitrogens with zero attached hydrogens (tertiary/aromatic N) is 8. The lowest BCUT2D eigenvalue weighted by atomic mass is 10.0. The summed E-state index contributed by atoms with van der Waals surface area (Å²) < 4.78 is 0. The summed E-state index contributed by atoms with van der Waals surface area (Å²) in [7, 11) is 0. The van der Waals surface area contributed by atoms with Gasteiger partial charge in [0.15, 0.2) is 0 Å². The van der Waals surface area contributed by atoms with Gasteiger partial charge in [0, 0.05) is 0 Å². The molecule has 0 amide bonds. The molecule has 8 heteroatoms. The molecule has 0 saturated carbocycles. The SMILES string of the molecule is c1cc2cc(c1)N=Nc1cccc(c1)Cc1cccc(c1)N=Nc1cccc(c1)Cc1cccc(c1)N=Nc1cccc(c1)Cc1cccc(c1)N=Nc1cccc(c1)C2. The predicted molar refractivity (Wildman–Crippen MR) is 239 cm³/mol. The third kappa shape index (κ3) is 10.4. The van der Waals surface area contributed by atoms with E-state index in [1.54, 1.807) is 0 Å². The van der Waals surface area contributed by atoms with Gasteiger partial charge in [-0.1, -0.05) is 97.1 Å². The molecule has 0 fully saturated rings. The lowest BCUT2D eigenvalue weighted by Gasteiger charge is -2.06. The van der Waals surface area contributed by atoms with Gasteiger partial charge in [0.25, 0.3) is 0 Å². The molecule has 8 aromatic carbocycles. The Hall–Kier alpha value is -7.84. The van der Waals surface area contributed by atoms with Crippen LogP contribution in [0.5, 0.6) is 0 Å². The van der Waals surface area contributed by atoms with Crippen molar-refractivity contribution in [2.45, 2.75) is 25.7 Å². The van der Waals surface area contributed by atoms with Crippen LogP contribution in [-0.2, 0) is 25.7 Å². The zero-order chi connectivity index (χ0) is 40.4. The minimum Gasteiger partial charge on any atom is -0.151 e. The fraction of sp³-hybridized carbons (Fsp3) is 0.0769. The van der Waals surface area contributed by atoms with E-state index in [0.29, 0.717) is 0 Å². The first-order valence-electron chi connectivity index (χ1n) is 20.0. The Bertz CT molecular complexity index is 2320. The van der Waals surface area contributed by atoms with Crippen LogP contribution in [0.3, 0.4) is 0 Å². The maximum atomic E-state index is 4.60. The lowest BCUT2D eigenvalue weighted by Crippen LogP contribution is -1.88. The van der Waals surface area contributed by atoms with Gasteiger partial charge in [0.1, 0.15) is 0 Å². The molecule has 0 aromatic heterocycles. The summed E-state index contributed by atoms with van der Waals surface area (Å²) in [5.74, 6) is 0. The van der Waals surface area contributed by atoms with Crippen LogP contribution in [0, 0.1) is 0 Å². The molecule has 0 N–H and O–H groups in total. The minimum absolute atomic E-state index is 0.730. The Morgan fingerprint density at radius 2 is 0.317 bits per heavy atom. The molecule has 0 unspecified atom stereocenters. The summed E-state index contributed by atoms with van der Waals surface area (Å²) in [4.78, 5) is 0. The van der Waals surface area contributed by atoms with Crippen LogP contribution in [0.25, 0.3) is 0 Å². The Balaban J connectivity index is 1.01. The van der Waals surface area contributed by atoms with Crippen molar-refractivity contribution in [3.05, 3.63) is 239 Å². The van der Waals surface area contributed by atoms with Gasteiger partial charge < -0.3 is 0 Å². The molecule has 0 atom stereocenters. The third-order valence-electron chi connectivity index (χ3n) is 10.0. The summed E-state index contributed by atoms with van der Waals surface area (Å²) >= 11 is 0. The van der Waals surface area contributed by atoms with Gasteiger partial charge in [0.05, 0.1) is 45.5 Å². The van der Waals surface area contributed by atoms with Crippen molar-refractivity contribution in [1.29, 1.82) is 0 Å². The van der Waals surface area contributed by atoms with E-state index in [-0.39, 0.29) is 0 Å². The molecule has 1 aliphatic rings. The van der Waals surface area contributed by atoms with E-state index in [2.05, 4.69) is 138 Å². The zero-order valence-corrected chi connectivity index (χ0v) is 32.9. The standard InChI is InChI=1S/C52H40N8/c1-9-37-25-38-10-2-19-47(30-38)55-56-48-20-5-13-41(33-48)27-42-14-6-23-51(34-42)59-60-52-24-8-16-44(36-52)28-43-15-7-22-50(35-43)58-57-49-21-4-12-40(32-49)26-39-11-3-18-46(31-39)54-53-45(17-1)29-37/h1-24,29-36H,25-28H2. The molecule has 0 aliphatic carbocycles. The molecule has 8 aromatic rings. The van der Waals surface area contributed by atoms with Crippen LogP contribution in [0.15, 0.2) is 235 Å². The molecular weight excluding hydrogens is 737 g/mol. The second-order valence-electron chi connectivity index (χ2n) is 14.9. The fourth-order valence-corrected chi connectivity index (χ4v) is 7.23. The summed E-state index contributed by atoms with van der Waals surface area (Å²) in [6.07, 6.45) is 2.92. The molecule has 1 heterocycles. The maximum Gasteiger partial charge on any atom is 0.0859 e. The topological polar surface area (TPSA) is 98.9 Å². The summed E-state index contributed by atoms with van der Waals surface area (Å²) in [5, 5.41) is 36.8. The number of hydrogen-bond donors (Lipinski definition) is 0.